The van der Waals surface area contributed by atoms with E-state index in [1.807, 2.05) is 41.8 Å². The van der Waals surface area contributed by atoms with Gasteiger partial charge in [-0.25, -0.2) is 13.8 Å². The fourth-order valence-electron chi connectivity index (χ4n) is 4.77. The van der Waals surface area contributed by atoms with Crippen LogP contribution in [0.4, 0.5) is 14.6 Å². The highest BCUT2D eigenvalue weighted by atomic mass is 19.3. The molecule has 1 aromatic carbocycles. The zero-order valence-corrected chi connectivity index (χ0v) is 18.0. The van der Waals surface area contributed by atoms with E-state index in [-0.39, 0.29) is 24.3 Å². The lowest BCUT2D eigenvalue weighted by atomic mass is 9.98. The summed E-state index contributed by atoms with van der Waals surface area (Å²) in [5.74, 6) is -1.92. The first kappa shape index (κ1) is 20.8. The number of benzene rings is 1. The molecule has 2 N–H and O–H groups in total. The van der Waals surface area contributed by atoms with Gasteiger partial charge >= 0.3 is 0 Å². The van der Waals surface area contributed by atoms with Crippen molar-refractivity contribution in [1.82, 2.24) is 25.1 Å². The van der Waals surface area contributed by atoms with Crippen molar-refractivity contribution in [3.8, 4) is 22.7 Å². The number of halogens is 2. The van der Waals surface area contributed by atoms with Gasteiger partial charge in [0.1, 0.15) is 5.75 Å². The van der Waals surface area contributed by atoms with Crippen LogP contribution >= 0.6 is 0 Å². The number of rotatable bonds is 5. The minimum atomic E-state index is -2.64. The van der Waals surface area contributed by atoms with Crippen LogP contribution in [0.2, 0.25) is 0 Å². The topological polar surface area (TPSA) is 79.1 Å². The van der Waals surface area contributed by atoms with Crippen LogP contribution < -0.4 is 10.2 Å². The first-order chi connectivity index (χ1) is 15.3. The molecule has 2 aliphatic heterocycles. The Morgan fingerprint density at radius 3 is 2.72 bits per heavy atom. The standard InChI is InChI=1S/C23H26F2N6O/c1-3-14-12-31(13-26-14)16-4-5-18(20(32)9-16)19-6-7-22(29-28-19)30(2)17-8-15-11-23(24,25)21(10-17)27-15/h4-7,9,12-13,15,17,21,27,32H,3,8,10-11H2,1-2H3/t15?,17-,21?/m1/s1. The molecule has 5 rings (SSSR count). The number of aromatic hydroxyl groups is 1. The third-order valence-corrected chi connectivity index (χ3v) is 6.64. The summed E-state index contributed by atoms with van der Waals surface area (Å²) in [5.41, 5.74) is 2.90. The maximum atomic E-state index is 14.0. The molecule has 0 amide bonds. The highest BCUT2D eigenvalue weighted by molar-refractivity contribution is 5.69. The molecule has 0 spiro atoms. The average Bonchev–Trinajstić information content (AvgIpc) is 3.35. The molecule has 2 aliphatic rings. The summed E-state index contributed by atoms with van der Waals surface area (Å²) in [5, 5.41) is 22.2. The Kier molecular flexibility index (Phi) is 5.08. The summed E-state index contributed by atoms with van der Waals surface area (Å²) in [6.45, 7) is 2.04. The van der Waals surface area contributed by atoms with E-state index in [0.29, 0.717) is 29.9 Å². The number of nitrogens with one attached hydrogen (secondary N) is 1. The van der Waals surface area contributed by atoms with E-state index in [4.69, 9.17) is 0 Å². The number of imidazole rings is 1. The van der Waals surface area contributed by atoms with Gasteiger partial charge in [-0.3, -0.25) is 0 Å². The van der Waals surface area contributed by atoms with Crippen molar-refractivity contribution in [2.24, 2.45) is 0 Å². The Morgan fingerprint density at radius 1 is 1.22 bits per heavy atom. The molecule has 168 valence electrons. The van der Waals surface area contributed by atoms with E-state index < -0.39 is 12.0 Å². The predicted molar refractivity (Wildman–Crippen MR) is 117 cm³/mol. The Balaban J connectivity index is 1.32. The second-order valence-electron chi connectivity index (χ2n) is 8.72. The van der Waals surface area contributed by atoms with Crippen LogP contribution in [0.3, 0.4) is 0 Å². The third-order valence-electron chi connectivity index (χ3n) is 6.64. The molecule has 2 fully saturated rings. The van der Waals surface area contributed by atoms with Gasteiger partial charge in [0.25, 0.3) is 5.92 Å². The van der Waals surface area contributed by atoms with Gasteiger partial charge in [0.15, 0.2) is 5.82 Å². The Hall–Kier alpha value is -3.07. The van der Waals surface area contributed by atoms with Crippen LogP contribution in [-0.4, -0.2) is 56.0 Å². The molecule has 32 heavy (non-hydrogen) atoms. The maximum absolute atomic E-state index is 14.0. The molecule has 7 nitrogen and oxygen atoms in total. The molecule has 4 heterocycles. The van der Waals surface area contributed by atoms with Gasteiger partial charge in [-0.1, -0.05) is 6.92 Å². The SMILES string of the molecule is CCc1cn(-c2ccc(-c3ccc(N(C)[C@@H]4CC5CC(F)(F)C(C4)N5)nn3)c(O)c2)cn1. The molecule has 0 saturated carbocycles. The van der Waals surface area contributed by atoms with Gasteiger partial charge < -0.3 is 19.9 Å². The number of hydrogen-bond acceptors (Lipinski definition) is 6. The van der Waals surface area contributed by atoms with Crippen molar-refractivity contribution in [3.63, 3.8) is 0 Å². The summed E-state index contributed by atoms with van der Waals surface area (Å²) in [6.07, 6.45) is 5.43. The molecule has 2 aromatic heterocycles. The van der Waals surface area contributed by atoms with Crippen LogP contribution in [0.1, 0.15) is 31.9 Å². The minimum Gasteiger partial charge on any atom is -0.507 e. The second kappa shape index (κ2) is 7.81. The van der Waals surface area contributed by atoms with Crippen LogP contribution in [-0.2, 0) is 6.42 Å². The van der Waals surface area contributed by atoms with Gasteiger partial charge in [0.2, 0.25) is 0 Å². The predicted octanol–water partition coefficient (Wildman–Crippen LogP) is 3.56. The molecular formula is C23H26F2N6O. The fraction of sp³-hybridized carbons (Fsp3) is 0.435. The van der Waals surface area contributed by atoms with Gasteiger partial charge in [0.05, 0.1) is 29.4 Å². The summed E-state index contributed by atoms with van der Waals surface area (Å²) in [6, 6.07) is 8.02. The number of piperidine rings is 1. The Morgan fingerprint density at radius 2 is 2.06 bits per heavy atom. The summed E-state index contributed by atoms with van der Waals surface area (Å²) < 4.78 is 29.9. The van der Waals surface area contributed by atoms with Crippen molar-refractivity contribution in [2.75, 3.05) is 11.9 Å². The zero-order chi connectivity index (χ0) is 22.5. The van der Waals surface area contributed by atoms with Crippen molar-refractivity contribution >= 4 is 5.82 Å². The molecule has 2 unspecified atom stereocenters. The maximum Gasteiger partial charge on any atom is 0.264 e. The van der Waals surface area contributed by atoms with E-state index in [0.717, 1.165) is 17.8 Å². The number of anilines is 1. The Labute approximate surface area is 185 Å². The first-order valence-corrected chi connectivity index (χ1v) is 10.9. The fourth-order valence-corrected chi connectivity index (χ4v) is 4.77. The number of nitrogens with zero attached hydrogens (tertiary/aromatic N) is 5. The highest BCUT2D eigenvalue weighted by Gasteiger charge is 2.53. The van der Waals surface area contributed by atoms with Crippen molar-refractivity contribution in [1.29, 1.82) is 0 Å². The average molecular weight is 440 g/mol. The van der Waals surface area contributed by atoms with Gasteiger partial charge in [-0.15, -0.1) is 10.2 Å². The van der Waals surface area contributed by atoms with E-state index in [2.05, 4.69) is 20.5 Å². The quantitative estimate of drug-likeness (QED) is 0.632. The van der Waals surface area contributed by atoms with Crippen LogP contribution in [0.5, 0.6) is 5.75 Å². The second-order valence-corrected chi connectivity index (χ2v) is 8.72. The molecule has 3 atom stereocenters. The number of aryl methyl sites for hydroxylation is 1. The largest absolute Gasteiger partial charge is 0.507 e. The first-order valence-electron chi connectivity index (χ1n) is 10.9. The monoisotopic (exact) mass is 440 g/mol. The smallest absolute Gasteiger partial charge is 0.264 e. The zero-order valence-electron chi connectivity index (χ0n) is 18.0. The van der Waals surface area contributed by atoms with Crippen molar-refractivity contribution in [3.05, 3.63) is 48.5 Å². The van der Waals surface area contributed by atoms with Crippen molar-refractivity contribution < 1.29 is 13.9 Å². The number of phenolic OH excluding ortho intramolecular Hbond substituents is 1. The molecule has 2 bridgehead atoms. The summed E-state index contributed by atoms with van der Waals surface area (Å²) in [7, 11) is 1.87. The molecule has 9 heteroatoms. The lowest BCUT2D eigenvalue weighted by Gasteiger charge is -2.36. The third kappa shape index (κ3) is 3.70. The summed E-state index contributed by atoms with van der Waals surface area (Å²) in [4.78, 5) is 6.25. The minimum absolute atomic E-state index is 0.0179. The van der Waals surface area contributed by atoms with Gasteiger partial charge in [0, 0.05) is 43.4 Å². The molecule has 0 aliphatic carbocycles. The number of hydrogen-bond donors (Lipinski definition) is 2. The highest BCUT2D eigenvalue weighted by Crippen LogP contribution is 2.40. The lowest BCUT2D eigenvalue weighted by molar-refractivity contribution is -0.0128. The number of phenols is 1. The number of fused-ring (bicyclic) bond motifs is 2. The molecule has 3 aromatic rings. The van der Waals surface area contributed by atoms with Crippen LogP contribution in [0.15, 0.2) is 42.9 Å². The van der Waals surface area contributed by atoms with Crippen LogP contribution in [0, 0.1) is 0 Å². The van der Waals surface area contributed by atoms with E-state index in [9.17, 15) is 13.9 Å². The molecular weight excluding hydrogens is 414 g/mol. The van der Waals surface area contributed by atoms with E-state index in [1.54, 1.807) is 24.5 Å². The normalized spacial score (nSPS) is 23.9. The van der Waals surface area contributed by atoms with E-state index >= 15 is 0 Å². The molecule has 0 radical (unpaired) electrons. The lowest BCUT2D eigenvalue weighted by Crippen LogP contribution is -2.49. The molecule has 2 saturated heterocycles. The van der Waals surface area contributed by atoms with Crippen LogP contribution in [0.25, 0.3) is 16.9 Å². The number of alkyl halides is 2. The van der Waals surface area contributed by atoms with Gasteiger partial charge in [-0.05, 0) is 43.5 Å². The summed E-state index contributed by atoms with van der Waals surface area (Å²) >= 11 is 0. The van der Waals surface area contributed by atoms with Crippen molar-refractivity contribution in [2.45, 2.75) is 56.7 Å². The number of aromatic nitrogens is 4. The van der Waals surface area contributed by atoms with E-state index in [1.165, 1.54) is 0 Å². The Bertz CT molecular complexity index is 1120. The van der Waals surface area contributed by atoms with Gasteiger partial charge in [-0.2, -0.15) is 0 Å².